The Morgan fingerprint density at radius 3 is 1.62 bits per heavy atom. The summed E-state index contributed by atoms with van der Waals surface area (Å²) < 4.78 is 32.8. The van der Waals surface area contributed by atoms with Crippen LogP contribution in [0.15, 0.2) is 42.5 Å². The van der Waals surface area contributed by atoms with Crippen LogP contribution in [0, 0.1) is 5.41 Å². The summed E-state index contributed by atoms with van der Waals surface area (Å²) in [6.45, 7) is -4.02. The highest BCUT2D eigenvalue weighted by Crippen LogP contribution is 2.19. The Bertz CT molecular complexity index is 2310. The third-order valence-corrected chi connectivity index (χ3v) is 11.0. The maximum atomic E-state index is 14.0. The number of unbranched alkanes of at least 4 members (excludes halogenated alkanes) is 1. The monoisotopic (exact) mass is 1030 g/mol. The first-order chi connectivity index (χ1) is 33.4. The van der Waals surface area contributed by atoms with Gasteiger partial charge in [-0.2, -0.15) is 8.42 Å². The zero-order valence-corrected chi connectivity index (χ0v) is 39.3. The van der Waals surface area contributed by atoms with E-state index in [2.05, 4.69) is 30.8 Å². The molecule has 0 aromatic heterocycles. The number of carbonyl (C=O) groups is 10. The molecule has 394 valence electrons. The maximum Gasteiger partial charge on any atom is 0.326 e. The van der Waals surface area contributed by atoms with E-state index in [0.717, 1.165) is 17.0 Å². The molecule has 0 spiro atoms. The van der Waals surface area contributed by atoms with Gasteiger partial charge < -0.3 is 72.4 Å². The van der Waals surface area contributed by atoms with Crippen molar-refractivity contribution >= 4 is 80.4 Å². The second-order valence-electron chi connectivity index (χ2n) is 16.4. The molecule has 5 unspecified atom stereocenters. The number of urea groups is 1. The van der Waals surface area contributed by atoms with Gasteiger partial charge in [-0.1, -0.05) is 42.5 Å². The van der Waals surface area contributed by atoms with Gasteiger partial charge in [-0.05, 0) is 54.9 Å². The van der Waals surface area contributed by atoms with Crippen molar-refractivity contribution in [2.75, 3.05) is 45.8 Å². The number of hydrogen-bond acceptors (Lipinski definition) is 16. The molecule has 2 aromatic carbocycles. The van der Waals surface area contributed by atoms with Crippen LogP contribution in [0.4, 0.5) is 4.79 Å². The van der Waals surface area contributed by atoms with Crippen molar-refractivity contribution in [3.05, 3.63) is 48.0 Å². The van der Waals surface area contributed by atoms with Gasteiger partial charge in [-0.15, -0.1) is 0 Å². The molecular formula is C43H60N6O21S. The van der Waals surface area contributed by atoms with E-state index in [0.29, 0.717) is 5.56 Å². The highest BCUT2D eigenvalue weighted by atomic mass is 32.2. The smallest absolute Gasteiger partial charge is 0.326 e. The molecule has 0 fully saturated rings. The van der Waals surface area contributed by atoms with Gasteiger partial charge in [-0.3, -0.25) is 37.7 Å². The number of nitrogens with one attached hydrogen (secondary N) is 6. The number of carbonyl (C=O) groups excluding carboxylic acids is 5. The van der Waals surface area contributed by atoms with E-state index < -0.39 is 177 Å². The maximum absolute atomic E-state index is 14.0. The van der Waals surface area contributed by atoms with Crippen LogP contribution in [0.5, 0.6) is 0 Å². The Hall–Kier alpha value is -7.01. The van der Waals surface area contributed by atoms with E-state index in [9.17, 15) is 87.0 Å². The molecule has 2 aromatic rings. The zero-order chi connectivity index (χ0) is 53.3. The van der Waals surface area contributed by atoms with Crippen molar-refractivity contribution < 1.29 is 101 Å². The fourth-order valence-electron chi connectivity index (χ4n) is 6.48. The molecule has 0 heterocycles. The zero-order valence-electron chi connectivity index (χ0n) is 38.5. The minimum Gasteiger partial charge on any atom is -0.481 e. The van der Waals surface area contributed by atoms with Crippen LogP contribution < -0.4 is 31.9 Å². The van der Waals surface area contributed by atoms with Crippen LogP contribution in [0.3, 0.4) is 0 Å². The van der Waals surface area contributed by atoms with E-state index in [1.807, 2.05) is 17.4 Å². The molecule has 2 rings (SSSR count). The topological polar surface area (TPSA) is 437 Å². The Kier molecular flexibility index (Phi) is 25.3. The number of carboxylic acids is 5. The molecule has 0 aliphatic heterocycles. The van der Waals surface area contributed by atoms with E-state index in [4.69, 9.17) is 9.84 Å². The molecule has 71 heavy (non-hydrogen) atoms. The number of ether oxygens (including phenoxy) is 1. The van der Waals surface area contributed by atoms with Gasteiger partial charge >= 0.3 is 35.9 Å². The van der Waals surface area contributed by atoms with Gasteiger partial charge in [0.2, 0.25) is 23.6 Å². The van der Waals surface area contributed by atoms with E-state index in [1.54, 1.807) is 30.3 Å². The van der Waals surface area contributed by atoms with Crippen LogP contribution >= 0.6 is 0 Å². The van der Waals surface area contributed by atoms with Crippen molar-refractivity contribution in [2.24, 2.45) is 5.41 Å². The summed E-state index contributed by atoms with van der Waals surface area (Å²) in [6, 6.07) is 3.33. The summed E-state index contributed by atoms with van der Waals surface area (Å²) in [5, 5.41) is 81.6. The number of benzene rings is 2. The lowest BCUT2D eigenvalue weighted by Crippen LogP contribution is -2.57. The Morgan fingerprint density at radius 2 is 1.10 bits per heavy atom. The lowest BCUT2D eigenvalue weighted by atomic mass is 9.93. The number of aliphatic hydroxyl groups is 2. The van der Waals surface area contributed by atoms with Gasteiger partial charge in [0.25, 0.3) is 10.1 Å². The first-order valence-electron chi connectivity index (χ1n) is 21.8. The van der Waals surface area contributed by atoms with Crippen molar-refractivity contribution in [1.29, 1.82) is 0 Å². The molecule has 5 atom stereocenters. The molecule has 27 nitrogen and oxygen atoms in total. The minimum absolute atomic E-state index is 0.0715. The van der Waals surface area contributed by atoms with Crippen LogP contribution in [-0.4, -0.2) is 180 Å². The SMILES string of the molecule is CS(=O)(=O)OCC(CO)(CO)COCC(=O)NC(CCC(=O)O)C(=O)NC(CCC(=O)O)C(=O)NC(Cc1ccc2ccccc2c1)C(=O)NCCCCC(NC(=O)NC(CCC(=O)O)C(=O)O)C(=O)O. The second kappa shape index (κ2) is 29.9. The summed E-state index contributed by atoms with van der Waals surface area (Å²) in [7, 11) is -4.01. The van der Waals surface area contributed by atoms with Crippen LogP contribution in [-0.2, 0) is 68.6 Å². The molecule has 0 saturated carbocycles. The summed E-state index contributed by atoms with van der Waals surface area (Å²) in [5.74, 6) is -11.1. The molecule has 0 saturated heterocycles. The fourth-order valence-corrected chi connectivity index (χ4v) is 6.94. The molecule has 6 amide bonds. The summed E-state index contributed by atoms with van der Waals surface area (Å²) in [5.41, 5.74) is -1.14. The van der Waals surface area contributed by atoms with Crippen molar-refractivity contribution in [2.45, 2.75) is 94.4 Å². The number of aliphatic carboxylic acids is 5. The molecule has 0 radical (unpaired) electrons. The van der Waals surface area contributed by atoms with Crippen LogP contribution in [0.25, 0.3) is 10.8 Å². The van der Waals surface area contributed by atoms with E-state index in [-0.39, 0.29) is 32.2 Å². The molecule has 0 aliphatic carbocycles. The van der Waals surface area contributed by atoms with Crippen molar-refractivity contribution in [3.63, 3.8) is 0 Å². The number of amides is 6. The quantitative estimate of drug-likeness (QED) is 0.0259. The summed E-state index contributed by atoms with van der Waals surface area (Å²) in [4.78, 5) is 124. The lowest BCUT2D eigenvalue weighted by Gasteiger charge is -2.28. The van der Waals surface area contributed by atoms with Gasteiger partial charge in [0, 0.05) is 32.2 Å². The predicted molar refractivity (Wildman–Crippen MR) is 244 cm³/mol. The van der Waals surface area contributed by atoms with Gasteiger partial charge in [-0.25, -0.2) is 14.4 Å². The summed E-state index contributed by atoms with van der Waals surface area (Å²) >= 11 is 0. The number of hydrogen-bond donors (Lipinski definition) is 13. The standard InChI is InChI=1S/C43H60N6O21S/c1-71(67,68)70-24-43(21-50,22-51)23-69-20-33(52)45-28(11-14-34(53)54)38(60)46-29(12-15-35(55)56)39(61)47-32(19-25-9-10-26-6-2-3-7-27(26)18-25)37(59)44-17-5-4-8-30(40(62)63)48-42(66)49-31(41(64)65)13-16-36(57)58/h2-3,6-7,9-10,18,28-32,50-51H,4-5,8,11-17,19-24H2,1H3,(H,44,59)(H,45,52)(H,46,60)(H,47,61)(H,53,54)(H,55,56)(H,57,58)(H,62,63)(H,64,65)(H2,48,49,66). The van der Waals surface area contributed by atoms with E-state index >= 15 is 0 Å². The highest BCUT2D eigenvalue weighted by Gasteiger charge is 2.34. The predicted octanol–water partition coefficient (Wildman–Crippen LogP) is -2.11. The third kappa shape index (κ3) is 23.4. The van der Waals surface area contributed by atoms with E-state index in [1.165, 1.54) is 0 Å². The third-order valence-electron chi connectivity index (χ3n) is 10.4. The van der Waals surface area contributed by atoms with Gasteiger partial charge in [0.05, 0.1) is 38.1 Å². The Balaban J connectivity index is 2.26. The highest BCUT2D eigenvalue weighted by molar-refractivity contribution is 7.86. The number of aliphatic hydroxyl groups excluding tert-OH is 2. The summed E-state index contributed by atoms with van der Waals surface area (Å²) in [6.07, 6.45) is -3.01. The number of rotatable bonds is 35. The van der Waals surface area contributed by atoms with Crippen molar-refractivity contribution in [3.8, 4) is 0 Å². The van der Waals surface area contributed by atoms with Crippen LogP contribution in [0.1, 0.15) is 63.4 Å². The largest absolute Gasteiger partial charge is 0.481 e. The molecule has 0 aliphatic rings. The average molecular weight is 1030 g/mol. The molecule has 28 heteroatoms. The normalized spacial score (nSPS) is 13.6. The lowest BCUT2D eigenvalue weighted by molar-refractivity contribution is -0.141. The molecule has 0 bridgehead atoms. The van der Waals surface area contributed by atoms with Crippen molar-refractivity contribution in [1.82, 2.24) is 31.9 Å². The van der Waals surface area contributed by atoms with Gasteiger partial charge in [0.1, 0.15) is 36.8 Å². The number of carboxylic acid groups (broad SMARTS) is 5. The first kappa shape index (κ1) is 60.1. The Labute approximate surface area is 406 Å². The fraction of sp³-hybridized carbons (Fsp3) is 0.535. The number of fused-ring (bicyclic) bond motifs is 1. The molecular weight excluding hydrogens is 969 g/mol. The van der Waals surface area contributed by atoms with Gasteiger partial charge in [0.15, 0.2) is 0 Å². The average Bonchev–Trinajstić information content (AvgIpc) is 3.29. The Morgan fingerprint density at radius 1 is 0.592 bits per heavy atom. The minimum atomic E-state index is -4.01. The molecule has 13 N–H and O–H groups in total. The second-order valence-corrected chi connectivity index (χ2v) is 18.0. The first-order valence-corrected chi connectivity index (χ1v) is 23.7. The van der Waals surface area contributed by atoms with Crippen LogP contribution in [0.2, 0.25) is 0 Å².